The molecule has 1 amide bonds. The summed E-state index contributed by atoms with van der Waals surface area (Å²) in [5.74, 6) is -0.322. The Kier molecular flexibility index (Phi) is 6.03. The first-order valence-electron chi connectivity index (χ1n) is 7.23. The second kappa shape index (κ2) is 8.00. The minimum absolute atomic E-state index is 0.0727. The van der Waals surface area contributed by atoms with Crippen LogP contribution >= 0.6 is 11.3 Å². The van der Waals surface area contributed by atoms with Gasteiger partial charge in [0, 0.05) is 13.0 Å². The summed E-state index contributed by atoms with van der Waals surface area (Å²) in [5, 5.41) is 6.81. The molecule has 1 aromatic carbocycles. The molecule has 1 aromatic heterocycles. The van der Waals surface area contributed by atoms with Crippen LogP contribution in [-0.2, 0) is 6.42 Å². The molecule has 0 aliphatic rings. The largest absolute Gasteiger partial charge is 0.351 e. The average molecular weight is 321 g/mol. The molecule has 4 nitrogen and oxygen atoms in total. The second-order valence-corrected chi connectivity index (χ2v) is 6.12. The zero-order chi connectivity index (χ0) is 15.9. The van der Waals surface area contributed by atoms with Gasteiger partial charge in [-0.25, -0.2) is 9.37 Å². The summed E-state index contributed by atoms with van der Waals surface area (Å²) < 4.78 is 12.9. The van der Waals surface area contributed by atoms with Gasteiger partial charge in [0.15, 0.2) is 0 Å². The van der Waals surface area contributed by atoms with Crippen LogP contribution in [0.3, 0.4) is 0 Å². The predicted octanol–water partition coefficient (Wildman–Crippen LogP) is 2.52. The highest BCUT2D eigenvalue weighted by Crippen LogP contribution is 2.21. The van der Waals surface area contributed by atoms with Crippen molar-refractivity contribution in [3.63, 3.8) is 0 Å². The third-order valence-electron chi connectivity index (χ3n) is 3.20. The van der Waals surface area contributed by atoms with Gasteiger partial charge in [-0.2, -0.15) is 0 Å². The highest BCUT2D eigenvalue weighted by atomic mass is 32.1. The van der Waals surface area contributed by atoms with Gasteiger partial charge in [-0.05, 0) is 44.6 Å². The van der Waals surface area contributed by atoms with Gasteiger partial charge < -0.3 is 10.6 Å². The quantitative estimate of drug-likeness (QED) is 0.771. The number of thiazole rings is 1. The number of hydrogen-bond acceptors (Lipinski definition) is 4. The number of nitrogens with zero attached hydrogens (tertiary/aromatic N) is 1. The van der Waals surface area contributed by atoms with E-state index in [4.69, 9.17) is 0 Å². The SMILES string of the molecule is CNCCCNC(=O)c1sc(Cc2ccc(F)cc2)nc1C. The molecule has 0 aliphatic heterocycles. The Bertz CT molecular complexity index is 625. The van der Waals surface area contributed by atoms with E-state index in [9.17, 15) is 9.18 Å². The smallest absolute Gasteiger partial charge is 0.263 e. The van der Waals surface area contributed by atoms with E-state index >= 15 is 0 Å². The lowest BCUT2D eigenvalue weighted by molar-refractivity contribution is 0.0956. The minimum atomic E-state index is -0.249. The molecule has 0 spiro atoms. The summed E-state index contributed by atoms with van der Waals surface area (Å²) in [6.07, 6.45) is 1.50. The van der Waals surface area contributed by atoms with Crippen LogP contribution in [0.5, 0.6) is 0 Å². The molecule has 0 unspecified atom stereocenters. The molecular weight excluding hydrogens is 301 g/mol. The van der Waals surface area contributed by atoms with Gasteiger partial charge in [0.1, 0.15) is 10.7 Å². The molecule has 118 valence electrons. The fourth-order valence-electron chi connectivity index (χ4n) is 2.06. The monoisotopic (exact) mass is 321 g/mol. The predicted molar refractivity (Wildman–Crippen MR) is 86.9 cm³/mol. The standard InChI is InChI=1S/C16H20FN3OS/c1-11-15(16(21)19-9-3-8-18-2)22-14(20-11)10-12-4-6-13(17)7-5-12/h4-7,18H,3,8-10H2,1-2H3,(H,19,21). The third kappa shape index (κ3) is 4.61. The van der Waals surface area contributed by atoms with Crippen molar-refractivity contribution in [1.82, 2.24) is 15.6 Å². The molecule has 1 heterocycles. The molecule has 0 aliphatic carbocycles. The number of halogens is 1. The van der Waals surface area contributed by atoms with Crippen molar-refractivity contribution in [3.8, 4) is 0 Å². The van der Waals surface area contributed by atoms with Gasteiger partial charge in [0.25, 0.3) is 5.91 Å². The van der Waals surface area contributed by atoms with Crippen LogP contribution in [0, 0.1) is 12.7 Å². The van der Waals surface area contributed by atoms with Crippen molar-refractivity contribution in [2.45, 2.75) is 19.8 Å². The number of hydrogen-bond donors (Lipinski definition) is 2. The number of carbonyl (C=O) groups excluding carboxylic acids is 1. The fourth-order valence-corrected chi connectivity index (χ4v) is 3.08. The van der Waals surface area contributed by atoms with E-state index in [1.165, 1.54) is 23.5 Å². The third-order valence-corrected chi connectivity index (χ3v) is 4.36. The van der Waals surface area contributed by atoms with Crippen LogP contribution in [0.4, 0.5) is 4.39 Å². The van der Waals surface area contributed by atoms with E-state index in [0.29, 0.717) is 17.8 Å². The Labute approximate surface area is 133 Å². The Hall–Kier alpha value is -1.79. The number of amides is 1. The summed E-state index contributed by atoms with van der Waals surface area (Å²) in [4.78, 5) is 17.2. The molecule has 0 bridgehead atoms. The Morgan fingerprint density at radius 3 is 2.68 bits per heavy atom. The van der Waals surface area contributed by atoms with E-state index in [0.717, 1.165) is 29.2 Å². The first kappa shape index (κ1) is 16.6. The van der Waals surface area contributed by atoms with Gasteiger partial charge >= 0.3 is 0 Å². The van der Waals surface area contributed by atoms with Crippen LogP contribution in [0.25, 0.3) is 0 Å². The zero-order valence-corrected chi connectivity index (χ0v) is 13.6. The summed E-state index contributed by atoms with van der Waals surface area (Å²) >= 11 is 1.40. The Morgan fingerprint density at radius 2 is 2.00 bits per heavy atom. The van der Waals surface area contributed by atoms with Crippen LogP contribution in [0.15, 0.2) is 24.3 Å². The van der Waals surface area contributed by atoms with Crippen molar-refractivity contribution in [2.75, 3.05) is 20.1 Å². The molecular formula is C16H20FN3OS. The highest BCUT2D eigenvalue weighted by molar-refractivity contribution is 7.13. The van der Waals surface area contributed by atoms with Crippen LogP contribution < -0.4 is 10.6 Å². The number of carbonyl (C=O) groups is 1. The van der Waals surface area contributed by atoms with E-state index in [1.54, 1.807) is 12.1 Å². The number of rotatable bonds is 7. The van der Waals surface area contributed by atoms with Crippen molar-refractivity contribution >= 4 is 17.2 Å². The van der Waals surface area contributed by atoms with Gasteiger partial charge in [0.05, 0.1) is 10.7 Å². The van der Waals surface area contributed by atoms with Crippen LogP contribution in [-0.4, -0.2) is 31.0 Å². The topological polar surface area (TPSA) is 54.0 Å². The fraction of sp³-hybridized carbons (Fsp3) is 0.375. The first-order valence-corrected chi connectivity index (χ1v) is 8.05. The molecule has 2 aromatic rings. The number of benzene rings is 1. The molecule has 0 fully saturated rings. The first-order chi connectivity index (χ1) is 10.6. The van der Waals surface area contributed by atoms with Crippen molar-refractivity contribution in [2.24, 2.45) is 0 Å². The summed E-state index contributed by atoms with van der Waals surface area (Å²) in [6.45, 7) is 3.36. The maximum Gasteiger partial charge on any atom is 0.263 e. The maximum atomic E-state index is 12.9. The minimum Gasteiger partial charge on any atom is -0.351 e. The van der Waals surface area contributed by atoms with Gasteiger partial charge in [0.2, 0.25) is 0 Å². The van der Waals surface area contributed by atoms with Gasteiger partial charge in [-0.1, -0.05) is 12.1 Å². The molecule has 2 N–H and O–H groups in total. The number of nitrogens with one attached hydrogen (secondary N) is 2. The lowest BCUT2D eigenvalue weighted by atomic mass is 10.1. The number of aromatic nitrogens is 1. The summed E-state index contributed by atoms with van der Waals surface area (Å²) in [6, 6.07) is 6.35. The molecule has 2 rings (SSSR count). The van der Waals surface area contributed by atoms with E-state index in [-0.39, 0.29) is 11.7 Å². The van der Waals surface area contributed by atoms with E-state index in [1.807, 2.05) is 14.0 Å². The summed E-state index contributed by atoms with van der Waals surface area (Å²) in [7, 11) is 1.89. The Morgan fingerprint density at radius 1 is 1.27 bits per heavy atom. The van der Waals surface area contributed by atoms with E-state index in [2.05, 4.69) is 15.6 Å². The van der Waals surface area contributed by atoms with Crippen molar-refractivity contribution in [3.05, 3.63) is 51.2 Å². The molecule has 0 atom stereocenters. The van der Waals surface area contributed by atoms with E-state index < -0.39 is 0 Å². The molecule has 22 heavy (non-hydrogen) atoms. The lowest BCUT2D eigenvalue weighted by Gasteiger charge is -2.03. The maximum absolute atomic E-state index is 12.9. The molecule has 0 saturated carbocycles. The van der Waals surface area contributed by atoms with Gasteiger partial charge in [-0.15, -0.1) is 11.3 Å². The molecule has 6 heteroatoms. The molecule has 0 saturated heterocycles. The van der Waals surface area contributed by atoms with Crippen LogP contribution in [0.1, 0.15) is 32.4 Å². The van der Waals surface area contributed by atoms with Crippen LogP contribution in [0.2, 0.25) is 0 Å². The Balaban J connectivity index is 1.98. The molecule has 0 radical (unpaired) electrons. The normalized spacial score (nSPS) is 10.7. The van der Waals surface area contributed by atoms with Crippen molar-refractivity contribution in [1.29, 1.82) is 0 Å². The average Bonchev–Trinajstić information content (AvgIpc) is 2.86. The van der Waals surface area contributed by atoms with Crippen molar-refractivity contribution < 1.29 is 9.18 Å². The second-order valence-electron chi connectivity index (χ2n) is 5.04. The number of aryl methyl sites for hydroxylation is 1. The lowest BCUT2D eigenvalue weighted by Crippen LogP contribution is -2.26. The van der Waals surface area contributed by atoms with Gasteiger partial charge in [-0.3, -0.25) is 4.79 Å². The summed E-state index contributed by atoms with van der Waals surface area (Å²) in [5.41, 5.74) is 1.73. The zero-order valence-electron chi connectivity index (χ0n) is 12.8. The highest BCUT2D eigenvalue weighted by Gasteiger charge is 2.15.